The summed E-state index contributed by atoms with van der Waals surface area (Å²) in [5, 5.41) is 7.50. The van der Waals surface area contributed by atoms with E-state index in [0.29, 0.717) is 6.54 Å². The van der Waals surface area contributed by atoms with Gasteiger partial charge in [0.15, 0.2) is 0 Å². The molecule has 1 N–H and O–H groups in total. The number of rotatable bonds is 4. The van der Waals surface area contributed by atoms with Crippen molar-refractivity contribution in [2.24, 2.45) is 0 Å². The second kappa shape index (κ2) is 5.46. The van der Waals surface area contributed by atoms with Gasteiger partial charge in [-0.15, -0.1) is 0 Å². The number of hydrogen-bond acceptors (Lipinski definition) is 3. The van der Waals surface area contributed by atoms with E-state index in [9.17, 15) is 4.79 Å². The molecule has 1 aliphatic rings. The molecule has 0 aliphatic carbocycles. The quantitative estimate of drug-likeness (QED) is 0.867. The lowest BCUT2D eigenvalue weighted by Crippen LogP contribution is -2.35. The molecule has 0 bridgehead atoms. The summed E-state index contributed by atoms with van der Waals surface area (Å²) in [6.07, 6.45) is 2.32. The van der Waals surface area contributed by atoms with Gasteiger partial charge in [-0.3, -0.25) is 4.79 Å². The lowest BCUT2D eigenvalue weighted by atomic mass is 10.2. The molecule has 0 saturated carbocycles. The van der Waals surface area contributed by atoms with Gasteiger partial charge in [0.1, 0.15) is 0 Å². The number of thiophene rings is 1. The van der Waals surface area contributed by atoms with Crippen molar-refractivity contribution in [3.05, 3.63) is 21.9 Å². The minimum atomic E-state index is 0.241. The van der Waals surface area contributed by atoms with E-state index in [1.54, 1.807) is 11.3 Å². The van der Waals surface area contributed by atoms with Crippen LogP contribution in [0.1, 0.15) is 24.0 Å². The van der Waals surface area contributed by atoms with Crippen LogP contribution in [0.3, 0.4) is 0 Å². The predicted octanol–water partition coefficient (Wildman–Crippen LogP) is 1.77. The molecule has 16 heavy (non-hydrogen) atoms. The summed E-state index contributed by atoms with van der Waals surface area (Å²) in [7, 11) is 0. The van der Waals surface area contributed by atoms with E-state index in [2.05, 4.69) is 23.0 Å². The highest BCUT2D eigenvalue weighted by Crippen LogP contribution is 2.13. The van der Waals surface area contributed by atoms with E-state index in [1.807, 2.05) is 4.90 Å². The Morgan fingerprint density at radius 2 is 2.19 bits per heavy atom. The molecule has 2 rings (SSSR count). The Kier molecular flexibility index (Phi) is 3.96. The molecular formula is C12H18N2OS. The summed E-state index contributed by atoms with van der Waals surface area (Å²) in [5.74, 6) is 0.241. The lowest BCUT2D eigenvalue weighted by molar-refractivity contribution is -0.129. The molecule has 0 atom stereocenters. The van der Waals surface area contributed by atoms with Crippen LogP contribution in [0.25, 0.3) is 0 Å². The van der Waals surface area contributed by atoms with Crippen molar-refractivity contribution in [3.8, 4) is 0 Å². The number of carbonyl (C=O) groups is 1. The van der Waals surface area contributed by atoms with Crippen molar-refractivity contribution in [3.63, 3.8) is 0 Å². The summed E-state index contributed by atoms with van der Waals surface area (Å²) in [5.41, 5.74) is 2.62. The maximum absolute atomic E-state index is 11.7. The average Bonchev–Trinajstić information content (AvgIpc) is 2.90. The molecular weight excluding hydrogens is 220 g/mol. The van der Waals surface area contributed by atoms with Gasteiger partial charge in [-0.1, -0.05) is 0 Å². The van der Waals surface area contributed by atoms with Crippen molar-refractivity contribution in [1.82, 2.24) is 10.2 Å². The molecule has 1 aromatic rings. The molecule has 0 unspecified atom stereocenters. The zero-order valence-electron chi connectivity index (χ0n) is 9.66. The van der Waals surface area contributed by atoms with E-state index >= 15 is 0 Å². The molecule has 1 aliphatic heterocycles. The number of carbonyl (C=O) groups excluding carboxylic acids is 1. The van der Waals surface area contributed by atoms with E-state index in [4.69, 9.17) is 0 Å². The predicted molar refractivity (Wildman–Crippen MR) is 66.6 cm³/mol. The van der Waals surface area contributed by atoms with E-state index in [-0.39, 0.29) is 5.91 Å². The van der Waals surface area contributed by atoms with Gasteiger partial charge in [-0.25, -0.2) is 0 Å². The summed E-state index contributed by atoms with van der Waals surface area (Å²) in [6, 6.07) is 0. The van der Waals surface area contributed by atoms with E-state index in [1.165, 1.54) is 11.1 Å². The van der Waals surface area contributed by atoms with Crippen molar-refractivity contribution >= 4 is 17.2 Å². The van der Waals surface area contributed by atoms with Crippen molar-refractivity contribution in [2.75, 3.05) is 19.6 Å². The smallest absolute Gasteiger partial charge is 0.236 e. The van der Waals surface area contributed by atoms with Crippen LogP contribution >= 0.6 is 11.3 Å². The molecule has 2 heterocycles. The molecule has 0 radical (unpaired) electrons. The van der Waals surface area contributed by atoms with Gasteiger partial charge in [0.25, 0.3) is 0 Å². The Labute approximate surface area is 100 Å². The second-order valence-corrected chi connectivity index (χ2v) is 5.02. The van der Waals surface area contributed by atoms with Crippen LogP contribution in [0.5, 0.6) is 0 Å². The maximum Gasteiger partial charge on any atom is 0.236 e. The molecule has 1 aromatic heterocycles. The lowest BCUT2D eigenvalue weighted by Gasteiger charge is -2.15. The number of aryl methyl sites for hydroxylation is 1. The molecule has 1 saturated heterocycles. The van der Waals surface area contributed by atoms with Gasteiger partial charge in [-0.05, 0) is 41.7 Å². The van der Waals surface area contributed by atoms with Crippen LogP contribution in [0, 0.1) is 6.92 Å². The normalized spacial score (nSPS) is 15.7. The number of nitrogens with zero attached hydrogens (tertiary/aromatic N) is 1. The Morgan fingerprint density at radius 3 is 2.81 bits per heavy atom. The van der Waals surface area contributed by atoms with Crippen LogP contribution in [-0.2, 0) is 11.3 Å². The summed E-state index contributed by atoms with van der Waals surface area (Å²) in [6.45, 7) is 5.26. The fourth-order valence-corrected chi connectivity index (χ4v) is 2.81. The molecule has 3 nitrogen and oxygen atoms in total. The maximum atomic E-state index is 11.7. The van der Waals surface area contributed by atoms with Gasteiger partial charge in [0.05, 0.1) is 6.54 Å². The minimum absolute atomic E-state index is 0.241. The van der Waals surface area contributed by atoms with Crippen LogP contribution in [0.15, 0.2) is 10.8 Å². The highest BCUT2D eigenvalue weighted by Gasteiger charge is 2.16. The zero-order valence-corrected chi connectivity index (χ0v) is 10.5. The van der Waals surface area contributed by atoms with Crippen LogP contribution in [0.4, 0.5) is 0 Å². The van der Waals surface area contributed by atoms with E-state index < -0.39 is 0 Å². The first-order chi connectivity index (χ1) is 7.77. The molecule has 88 valence electrons. The average molecular weight is 238 g/mol. The number of hydrogen-bond donors (Lipinski definition) is 1. The third-order valence-corrected chi connectivity index (χ3v) is 3.92. The highest BCUT2D eigenvalue weighted by molar-refractivity contribution is 7.08. The van der Waals surface area contributed by atoms with Gasteiger partial charge in [0.2, 0.25) is 5.91 Å². The minimum Gasteiger partial charge on any atom is -0.342 e. The van der Waals surface area contributed by atoms with E-state index in [0.717, 1.165) is 32.5 Å². The van der Waals surface area contributed by atoms with Gasteiger partial charge >= 0.3 is 0 Å². The number of amides is 1. The Hall–Kier alpha value is -0.870. The topological polar surface area (TPSA) is 32.3 Å². The third-order valence-electron chi connectivity index (χ3n) is 3.01. The standard InChI is InChI=1S/C12H18N2OS/c1-10-8-16-9-11(10)6-13-7-12(15)14-4-2-3-5-14/h8-9,13H,2-7H2,1H3. The summed E-state index contributed by atoms with van der Waals surface area (Å²) < 4.78 is 0. The molecule has 0 aromatic carbocycles. The van der Waals surface area contributed by atoms with Crippen molar-refractivity contribution in [1.29, 1.82) is 0 Å². The monoisotopic (exact) mass is 238 g/mol. The molecule has 0 spiro atoms. The first kappa shape index (κ1) is 11.6. The summed E-state index contributed by atoms with van der Waals surface area (Å²) >= 11 is 1.72. The number of nitrogens with one attached hydrogen (secondary N) is 1. The third kappa shape index (κ3) is 2.83. The first-order valence-electron chi connectivity index (χ1n) is 5.77. The van der Waals surface area contributed by atoms with Gasteiger partial charge in [0, 0.05) is 19.6 Å². The Bertz CT molecular complexity index is 356. The van der Waals surface area contributed by atoms with Crippen molar-refractivity contribution < 1.29 is 4.79 Å². The molecule has 1 amide bonds. The largest absolute Gasteiger partial charge is 0.342 e. The zero-order chi connectivity index (χ0) is 11.4. The van der Waals surface area contributed by atoms with Gasteiger partial charge < -0.3 is 10.2 Å². The fraction of sp³-hybridized carbons (Fsp3) is 0.583. The van der Waals surface area contributed by atoms with Crippen LogP contribution < -0.4 is 5.32 Å². The second-order valence-electron chi connectivity index (χ2n) is 4.27. The first-order valence-corrected chi connectivity index (χ1v) is 6.72. The highest BCUT2D eigenvalue weighted by atomic mass is 32.1. The van der Waals surface area contributed by atoms with Crippen LogP contribution in [0.2, 0.25) is 0 Å². The molecule has 4 heteroatoms. The van der Waals surface area contributed by atoms with Gasteiger partial charge in [-0.2, -0.15) is 11.3 Å². The molecule has 1 fully saturated rings. The number of likely N-dealkylation sites (tertiary alicyclic amines) is 1. The van der Waals surface area contributed by atoms with Crippen molar-refractivity contribution in [2.45, 2.75) is 26.3 Å². The SMILES string of the molecule is Cc1cscc1CNCC(=O)N1CCCC1. The Morgan fingerprint density at radius 1 is 1.44 bits per heavy atom. The Balaban J connectivity index is 1.71. The van der Waals surface area contributed by atoms with Crippen LogP contribution in [-0.4, -0.2) is 30.4 Å². The fourth-order valence-electron chi connectivity index (χ4n) is 1.95. The summed E-state index contributed by atoms with van der Waals surface area (Å²) in [4.78, 5) is 13.7.